The molecule has 15 heavy (non-hydrogen) atoms. The second-order valence-corrected chi connectivity index (χ2v) is 3.45. The van der Waals surface area contributed by atoms with Crippen molar-refractivity contribution in [2.75, 3.05) is 18.0 Å². The fourth-order valence-electron chi connectivity index (χ4n) is 1.66. The molecule has 0 saturated carbocycles. The lowest BCUT2D eigenvalue weighted by atomic mass is 10.2. The van der Waals surface area contributed by atoms with Crippen molar-refractivity contribution in [2.45, 2.75) is 6.61 Å². The SMILES string of the molecule is O=COCc1cccc(N2CC=CC2)c1. The Morgan fingerprint density at radius 2 is 2.13 bits per heavy atom. The minimum atomic E-state index is 0.346. The van der Waals surface area contributed by atoms with Crippen molar-refractivity contribution in [3.63, 3.8) is 0 Å². The van der Waals surface area contributed by atoms with Crippen molar-refractivity contribution in [3.05, 3.63) is 42.0 Å². The molecule has 0 aliphatic carbocycles. The van der Waals surface area contributed by atoms with Crippen molar-refractivity contribution in [1.82, 2.24) is 0 Å². The average molecular weight is 203 g/mol. The zero-order valence-corrected chi connectivity index (χ0v) is 8.43. The Labute approximate surface area is 89.0 Å². The van der Waals surface area contributed by atoms with Gasteiger partial charge in [-0.3, -0.25) is 4.79 Å². The van der Waals surface area contributed by atoms with Crippen LogP contribution in [-0.4, -0.2) is 19.6 Å². The fraction of sp³-hybridized carbons (Fsp3) is 0.250. The van der Waals surface area contributed by atoms with E-state index in [1.807, 2.05) is 12.1 Å². The van der Waals surface area contributed by atoms with Gasteiger partial charge in [0.25, 0.3) is 6.47 Å². The monoisotopic (exact) mass is 203 g/mol. The molecule has 1 aromatic carbocycles. The van der Waals surface area contributed by atoms with E-state index >= 15 is 0 Å². The van der Waals surface area contributed by atoms with Crippen LogP contribution >= 0.6 is 0 Å². The molecule has 0 fully saturated rings. The van der Waals surface area contributed by atoms with Gasteiger partial charge in [-0.15, -0.1) is 0 Å². The number of ether oxygens (including phenoxy) is 1. The minimum absolute atomic E-state index is 0.346. The van der Waals surface area contributed by atoms with Crippen molar-refractivity contribution in [3.8, 4) is 0 Å². The predicted octanol–water partition coefficient (Wildman–Crippen LogP) is 1.74. The molecule has 0 saturated heterocycles. The van der Waals surface area contributed by atoms with Crippen molar-refractivity contribution in [2.24, 2.45) is 0 Å². The largest absolute Gasteiger partial charge is 0.463 e. The number of benzene rings is 1. The average Bonchev–Trinajstić information content (AvgIpc) is 2.80. The first-order valence-corrected chi connectivity index (χ1v) is 4.94. The van der Waals surface area contributed by atoms with Gasteiger partial charge in [-0.25, -0.2) is 0 Å². The van der Waals surface area contributed by atoms with Crippen LogP contribution in [0, 0.1) is 0 Å². The minimum Gasteiger partial charge on any atom is -0.463 e. The molecule has 1 aliphatic heterocycles. The summed E-state index contributed by atoms with van der Waals surface area (Å²) in [6.45, 7) is 2.73. The summed E-state index contributed by atoms with van der Waals surface area (Å²) < 4.78 is 4.72. The van der Waals surface area contributed by atoms with Crippen LogP contribution in [0.25, 0.3) is 0 Å². The number of carbonyl (C=O) groups is 1. The number of nitrogens with zero attached hydrogens (tertiary/aromatic N) is 1. The zero-order chi connectivity index (χ0) is 10.5. The molecule has 0 radical (unpaired) electrons. The van der Waals surface area contributed by atoms with Crippen LogP contribution < -0.4 is 4.90 Å². The van der Waals surface area contributed by atoms with Crippen LogP contribution in [0.15, 0.2) is 36.4 Å². The van der Waals surface area contributed by atoms with Crippen LogP contribution in [0.4, 0.5) is 5.69 Å². The molecule has 0 unspecified atom stereocenters. The van der Waals surface area contributed by atoms with Gasteiger partial charge in [0.05, 0.1) is 0 Å². The highest BCUT2D eigenvalue weighted by Gasteiger charge is 2.07. The smallest absolute Gasteiger partial charge is 0.293 e. The molecule has 1 aromatic rings. The standard InChI is InChI=1S/C12H13NO2/c14-10-15-9-11-4-3-5-12(8-11)13-6-1-2-7-13/h1-5,8,10H,6-7,9H2. The number of hydrogen-bond acceptors (Lipinski definition) is 3. The van der Waals surface area contributed by atoms with E-state index in [9.17, 15) is 4.79 Å². The van der Waals surface area contributed by atoms with Gasteiger partial charge in [0.15, 0.2) is 0 Å². The van der Waals surface area contributed by atoms with Crippen LogP contribution in [0.1, 0.15) is 5.56 Å². The van der Waals surface area contributed by atoms with Gasteiger partial charge in [0.1, 0.15) is 6.61 Å². The molecule has 3 heteroatoms. The summed E-state index contributed by atoms with van der Waals surface area (Å²) in [6, 6.07) is 8.06. The highest BCUT2D eigenvalue weighted by molar-refractivity contribution is 5.51. The molecule has 0 atom stereocenters. The maximum absolute atomic E-state index is 10.1. The van der Waals surface area contributed by atoms with Gasteiger partial charge in [-0.05, 0) is 17.7 Å². The van der Waals surface area contributed by atoms with Gasteiger partial charge in [-0.1, -0.05) is 24.3 Å². The van der Waals surface area contributed by atoms with E-state index in [0.29, 0.717) is 13.1 Å². The molecule has 0 aromatic heterocycles. The molecule has 1 heterocycles. The van der Waals surface area contributed by atoms with Crippen molar-refractivity contribution >= 4 is 12.2 Å². The molecular weight excluding hydrogens is 190 g/mol. The Balaban J connectivity index is 2.07. The normalized spacial score (nSPS) is 14.3. The Hall–Kier alpha value is -1.77. The third-order valence-electron chi connectivity index (χ3n) is 2.41. The topological polar surface area (TPSA) is 29.5 Å². The number of hydrogen-bond donors (Lipinski definition) is 0. The summed E-state index contributed by atoms with van der Waals surface area (Å²) in [5.74, 6) is 0. The van der Waals surface area contributed by atoms with E-state index in [0.717, 1.165) is 18.7 Å². The third kappa shape index (κ3) is 2.37. The lowest BCUT2D eigenvalue weighted by Crippen LogP contribution is -2.18. The molecule has 0 N–H and O–H groups in total. The molecule has 0 amide bonds. The Bertz CT molecular complexity index is 366. The van der Waals surface area contributed by atoms with E-state index in [1.165, 1.54) is 5.69 Å². The quantitative estimate of drug-likeness (QED) is 0.551. The zero-order valence-electron chi connectivity index (χ0n) is 8.43. The molecule has 3 nitrogen and oxygen atoms in total. The van der Waals surface area contributed by atoms with Crippen LogP contribution in [-0.2, 0) is 16.1 Å². The van der Waals surface area contributed by atoms with Gasteiger partial charge in [0, 0.05) is 18.8 Å². The van der Waals surface area contributed by atoms with E-state index in [4.69, 9.17) is 4.74 Å². The first kappa shape index (κ1) is 9.77. The van der Waals surface area contributed by atoms with Crippen molar-refractivity contribution in [1.29, 1.82) is 0 Å². The van der Waals surface area contributed by atoms with Crippen molar-refractivity contribution < 1.29 is 9.53 Å². The first-order chi connectivity index (χ1) is 7.40. The molecule has 0 spiro atoms. The van der Waals surface area contributed by atoms with E-state index < -0.39 is 0 Å². The highest BCUT2D eigenvalue weighted by Crippen LogP contribution is 2.18. The summed E-state index contributed by atoms with van der Waals surface area (Å²) >= 11 is 0. The maximum atomic E-state index is 10.1. The third-order valence-corrected chi connectivity index (χ3v) is 2.41. The first-order valence-electron chi connectivity index (χ1n) is 4.94. The van der Waals surface area contributed by atoms with Gasteiger partial charge in [0.2, 0.25) is 0 Å². The lowest BCUT2D eigenvalue weighted by molar-refractivity contribution is -0.129. The summed E-state index contributed by atoms with van der Waals surface area (Å²) in [7, 11) is 0. The highest BCUT2D eigenvalue weighted by atomic mass is 16.5. The second kappa shape index (κ2) is 4.64. The Kier molecular flexibility index (Phi) is 3.02. The van der Waals surface area contributed by atoms with Gasteiger partial charge >= 0.3 is 0 Å². The summed E-state index contributed by atoms with van der Waals surface area (Å²) in [5, 5.41) is 0. The fourth-order valence-corrected chi connectivity index (χ4v) is 1.66. The predicted molar refractivity (Wildman–Crippen MR) is 58.6 cm³/mol. The number of anilines is 1. The lowest BCUT2D eigenvalue weighted by Gasteiger charge is -2.18. The number of carbonyl (C=O) groups excluding carboxylic acids is 1. The number of rotatable bonds is 4. The van der Waals surface area contributed by atoms with Gasteiger partial charge in [-0.2, -0.15) is 0 Å². The summed E-state index contributed by atoms with van der Waals surface area (Å²) in [5.41, 5.74) is 2.19. The van der Waals surface area contributed by atoms with Crippen LogP contribution in [0.2, 0.25) is 0 Å². The van der Waals surface area contributed by atoms with E-state index in [-0.39, 0.29) is 0 Å². The summed E-state index contributed by atoms with van der Waals surface area (Å²) in [6.07, 6.45) is 4.29. The molecular formula is C12H13NO2. The molecule has 78 valence electrons. The molecule has 2 rings (SSSR count). The molecule has 1 aliphatic rings. The molecule has 0 bridgehead atoms. The van der Waals surface area contributed by atoms with E-state index in [2.05, 4.69) is 29.2 Å². The Morgan fingerprint density at radius 3 is 2.87 bits per heavy atom. The van der Waals surface area contributed by atoms with Crippen LogP contribution in [0.3, 0.4) is 0 Å². The second-order valence-electron chi connectivity index (χ2n) is 3.45. The van der Waals surface area contributed by atoms with Gasteiger partial charge < -0.3 is 9.64 Å². The maximum Gasteiger partial charge on any atom is 0.293 e. The summed E-state index contributed by atoms with van der Waals surface area (Å²) in [4.78, 5) is 12.3. The van der Waals surface area contributed by atoms with Crippen LogP contribution in [0.5, 0.6) is 0 Å². The van der Waals surface area contributed by atoms with E-state index in [1.54, 1.807) is 0 Å². The Morgan fingerprint density at radius 1 is 1.33 bits per heavy atom.